The van der Waals surface area contributed by atoms with Crippen molar-refractivity contribution in [3.63, 3.8) is 0 Å². The zero-order valence-electron chi connectivity index (χ0n) is 24.7. The smallest absolute Gasteiger partial charge is 0.119 e. The summed E-state index contributed by atoms with van der Waals surface area (Å²) in [6, 6.07) is 21.9. The lowest BCUT2D eigenvalue weighted by Crippen LogP contribution is -2.13. The fourth-order valence-electron chi connectivity index (χ4n) is 6.09. The third-order valence-corrected chi connectivity index (χ3v) is 8.62. The summed E-state index contributed by atoms with van der Waals surface area (Å²) < 4.78 is 5.92. The van der Waals surface area contributed by atoms with Gasteiger partial charge < -0.3 is 4.74 Å². The van der Waals surface area contributed by atoms with Crippen molar-refractivity contribution in [1.29, 1.82) is 0 Å². The van der Waals surface area contributed by atoms with Gasteiger partial charge in [0.1, 0.15) is 5.75 Å². The van der Waals surface area contributed by atoms with Crippen molar-refractivity contribution in [2.75, 3.05) is 6.61 Å². The minimum atomic E-state index is 0.735. The quantitative estimate of drug-likeness (QED) is 0.151. The molecule has 0 aliphatic heterocycles. The highest BCUT2D eigenvalue weighted by Gasteiger charge is 2.21. The highest BCUT2D eigenvalue weighted by molar-refractivity contribution is 5.85. The van der Waals surface area contributed by atoms with E-state index in [9.17, 15) is 0 Å². The van der Waals surface area contributed by atoms with Crippen LogP contribution in [0.2, 0.25) is 0 Å². The molecule has 1 heteroatoms. The van der Waals surface area contributed by atoms with Gasteiger partial charge in [-0.15, -0.1) is 0 Å². The van der Waals surface area contributed by atoms with Crippen LogP contribution in [0.4, 0.5) is 0 Å². The standard InChI is InChI=1S/C38H50O/c1-3-5-7-8-9-10-11-13-31-16-21-34(22-17-31)35-23-18-32(19-24-35)14-15-33-20-25-37-30-38(27-26-36(37)29-33)39-28-12-6-4-2/h18-20,23-27,29-31,34H,3-13,16-17,21-22,28H2,1-2H3/t31-,34-. The average molecular weight is 523 g/mol. The molecule has 1 fully saturated rings. The predicted molar refractivity (Wildman–Crippen MR) is 169 cm³/mol. The van der Waals surface area contributed by atoms with E-state index in [2.05, 4.69) is 86.4 Å². The molecule has 39 heavy (non-hydrogen) atoms. The zero-order valence-corrected chi connectivity index (χ0v) is 24.7. The van der Waals surface area contributed by atoms with Gasteiger partial charge in [0, 0.05) is 11.1 Å². The topological polar surface area (TPSA) is 9.23 Å². The van der Waals surface area contributed by atoms with Crippen molar-refractivity contribution in [2.45, 2.75) is 116 Å². The number of rotatable bonds is 14. The molecule has 0 unspecified atom stereocenters. The van der Waals surface area contributed by atoms with Crippen molar-refractivity contribution in [3.05, 3.63) is 77.4 Å². The molecule has 0 N–H and O–H groups in total. The van der Waals surface area contributed by atoms with E-state index in [-0.39, 0.29) is 0 Å². The van der Waals surface area contributed by atoms with Crippen LogP contribution in [0.3, 0.4) is 0 Å². The molecule has 0 amide bonds. The Kier molecular flexibility index (Phi) is 12.3. The van der Waals surface area contributed by atoms with Crippen LogP contribution in [-0.4, -0.2) is 6.61 Å². The monoisotopic (exact) mass is 522 g/mol. The predicted octanol–water partition coefficient (Wildman–Crippen LogP) is 11.2. The highest BCUT2D eigenvalue weighted by atomic mass is 16.5. The molecule has 1 aliphatic rings. The number of benzene rings is 3. The summed E-state index contributed by atoms with van der Waals surface area (Å²) in [5, 5.41) is 2.41. The van der Waals surface area contributed by atoms with Gasteiger partial charge in [0.15, 0.2) is 0 Å². The Labute approximate surface area is 238 Å². The van der Waals surface area contributed by atoms with E-state index in [0.29, 0.717) is 0 Å². The molecule has 1 nitrogen and oxygen atoms in total. The Hall–Kier alpha value is -2.72. The Morgan fingerprint density at radius 1 is 0.615 bits per heavy atom. The molecule has 4 rings (SSSR count). The summed E-state index contributed by atoms with van der Waals surface area (Å²) in [7, 11) is 0. The summed E-state index contributed by atoms with van der Waals surface area (Å²) in [4.78, 5) is 0. The minimum absolute atomic E-state index is 0.735. The Balaban J connectivity index is 1.22. The Morgan fingerprint density at radius 3 is 2.00 bits per heavy atom. The van der Waals surface area contributed by atoms with Crippen LogP contribution in [-0.2, 0) is 0 Å². The second-order valence-corrected chi connectivity index (χ2v) is 11.8. The first kappa shape index (κ1) is 29.3. The van der Waals surface area contributed by atoms with Gasteiger partial charge in [-0.25, -0.2) is 0 Å². The summed E-state index contributed by atoms with van der Waals surface area (Å²) in [5.74, 6) is 9.42. The third kappa shape index (κ3) is 9.76. The Morgan fingerprint density at radius 2 is 1.23 bits per heavy atom. The first-order valence-electron chi connectivity index (χ1n) is 16.0. The van der Waals surface area contributed by atoms with Gasteiger partial charge in [0.25, 0.3) is 0 Å². The van der Waals surface area contributed by atoms with Gasteiger partial charge in [-0.3, -0.25) is 0 Å². The van der Waals surface area contributed by atoms with Gasteiger partial charge in [-0.05, 0) is 96.7 Å². The van der Waals surface area contributed by atoms with Gasteiger partial charge in [0.05, 0.1) is 6.61 Å². The van der Waals surface area contributed by atoms with Crippen LogP contribution in [0.15, 0.2) is 60.7 Å². The molecule has 0 aromatic heterocycles. The van der Waals surface area contributed by atoms with E-state index in [1.165, 1.54) is 106 Å². The molecular weight excluding hydrogens is 472 g/mol. The van der Waals surface area contributed by atoms with Crippen molar-refractivity contribution < 1.29 is 4.74 Å². The zero-order chi connectivity index (χ0) is 27.1. The van der Waals surface area contributed by atoms with Crippen molar-refractivity contribution in [1.82, 2.24) is 0 Å². The van der Waals surface area contributed by atoms with E-state index in [0.717, 1.165) is 41.7 Å². The molecule has 208 valence electrons. The second-order valence-electron chi connectivity index (χ2n) is 11.8. The molecule has 0 spiro atoms. The van der Waals surface area contributed by atoms with E-state index in [1.54, 1.807) is 0 Å². The number of hydrogen-bond acceptors (Lipinski definition) is 1. The average Bonchev–Trinajstić information content (AvgIpc) is 2.98. The summed E-state index contributed by atoms with van der Waals surface area (Å²) in [6.07, 6.45) is 20.5. The molecule has 1 saturated carbocycles. The summed E-state index contributed by atoms with van der Waals surface area (Å²) in [6.45, 7) is 5.31. The van der Waals surface area contributed by atoms with E-state index >= 15 is 0 Å². The summed E-state index contributed by atoms with van der Waals surface area (Å²) in [5.41, 5.74) is 3.66. The van der Waals surface area contributed by atoms with E-state index < -0.39 is 0 Å². The Bertz CT molecular complexity index is 1170. The molecule has 3 aromatic rings. The minimum Gasteiger partial charge on any atom is -0.494 e. The lowest BCUT2D eigenvalue weighted by molar-refractivity contribution is 0.302. The highest BCUT2D eigenvalue weighted by Crippen LogP contribution is 2.37. The molecule has 1 aliphatic carbocycles. The number of ether oxygens (including phenoxy) is 1. The number of hydrogen-bond donors (Lipinski definition) is 0. The van der Waals surface area contributed by atoms with E-state index in [4.69, 9.17) is 4.74 Å². The summed E-state index contributed by atoms with van der Waals surface area (Å²) >= 11 is 0. The maximum Gasteiger partial charge on any atom is 0.119 e. The molecule has 3 aromatic carbocycles. The van der Waals surface area contributed by atoms with Gasteiger partial charge in [0.2, 0.25) is 0 Å². The maximum atomic E-state index is 5.92. The number of fused-ring (bicyclic) bond motifs is 1. The normalized spacial score (nSPS) is 17.1. The molecule has 0 heterocycles. The molecular formula is C38H50O. The maximum absolute atomic E-state index is 5.92. The molecule has 0 bridgehead atoms. The molecule has 0 radical (unpaired) electrons. The fraction of sp³-hybridized carbons (Fsp3) is 0.526. The SMILES string of the molecule is CCCCCCCCC[C@H]1CC[C@H](c2ccc(C#Cc3ccc4cc(OCCCCC)ccc4c3)cc2)CC1. The first-order valence-corrected chi connectivity index (χ1v) is 16.0. The van der Waals surface area contributed by atoms with Crippen molar-refractivity contribution >= 4 is 10.8 Å². The largest absolute Gasteiger partial charge is 0.494 e. The third-order valence-electron chi connectivity index (χ3n) is 8.62. The van der Waals surface area contributed by atoms with Crippen LogP contribution in [0.25, 0.3) is 10.8 Å². The van der Waals surface area contributed by atoms with Crippen molar-refractivity contribution in [3.8, 4) is 17.6 Å². The fourth-order valence-corrected chi connectivity index (χ4v) is 6.09. The van der Waals surface area contributed by atoms with Crippen LogP contribution in [0, 0.1) is 17.8 Å². The van der Waals surface area contributed by atoms with Crippen molar-refractivity contribution in [2.24, 2.45) is 5.92 Å². The molecule has 0 saturated heterocycles. The lowest BCUT2D eigenvalue weighted by atomic mass is 9.77. The van der Waals surface area contributed by atoms with Crippen LogP contribution in [0.1, 0.15) is 133 Å². The molecule has 0 atom stereocenters. The van der Waals surface area contributed by atoms with Gasteiger partial charge >= 0.3 is 0 Å². The number of unbranched alkanes of at least 4 members (excludes halogenated alkanes) is 8. The van der Waals surface area contributed by atoms with Crippen LogP contribution in [0.5, 0.6) is 5.75 Å². The van der Waals surface area contributed by atoms with Gasteiger partial charge in [-0.2, -0.15) is 0 Å². The van der Waals surface area contributed by atoms with E-state index in [1.807, 2.05) is 0 Å². The van der Waals surface area contributed by atoms with Crippen LogP contribution < -0.4 is 4.74 Å². The van der Waals surface area contributed by atoms with Gasteiger partial charge in [-0.1, -0.05) is 114 Å². The van der Waals surface area contributed by atoms with Crippen LogP contribution >= 0.6 is 0 Å². The lowest BCUT2D eigenvalue weighted by Gasteiger charge is -2.29. The second kappa shape index (κ2) is 16.4. The first-order chi connectivity index (χ1) is 19.2.